The molecule has 2 rings (SSSR count). The summed E-state index contributed by atoms with van der Waals surface area (Å²) in [4.78, 5) is 2.38. The van der Waals surface area contributed by atoms with Gasteiger partial charge in [0.05, 0.1) is 19.8 Å². The molecule has 0 aromatic rings. The fourth-order valence-electron chi connectivity index (χ4n) is 2.45. The van der Waals surface area contributed by atoms with Crippen LogP contribution in [-0.4, -0.2) is 43.5 Å². The first-order valence-corrected chi connectivity index (χ1v) is 5.11. The van der Waals surface area contributed by atoms with Crippen LogP contribution in [0, 0.1) is 5.92 Å². The van der Waals surface area contributed by atoms with Crippen LogP contribution in [-0.2, 0) is 9.47 Å². The molecule has 0 saturated carbocycles. The summed E-state index contributed by atoms with van der Waals surface area (Å²) in [7, 11) is 2.17. The van der Waals surface area contributed by atoms with Crippen LogP contribution in [0.1, 0.15) is 20.3 Å². The van der Waals surface area contributed by atoms with E-state index in [2.05, 4.69) is 25.8 Å². The number of rotatable bonds is 0. The van der Waals surface area contributed by atoms with Gasteiger partial charge in [0.2, 0.25) is 0 Å². The molecule has 2 aliphatic rings. The fourth-order valence-corrected chi connectivity index (χ4v) is 2.45. The van der Waals surface area contributed by atoms with Crippen molar-refractivity contribution in [2.75, 3.05) is 26.9 Å². The second-order valence-corrected chi connectivity index (χ2v) is 4.34. The van der Waals surface area contributed by atoms with Gasteiger partial charge >= 0.3 is 0 Å². The molecule has 0 aromatic heterocycles. The van der Waals surface area contributed by atoms with Gasteiger partial charge < -0.3 is 9.47 Å². The summed E-state index contributed by atoms with van der Waals surface area (Å²) in [5.41, 5.74) is -0.0301. The van der Waals surface area contributed by atoms with E-state index in [0.717, 1.165) is 26.2 Å². The molecular weight excluding hydrogens is 166 g/mol. The average molecular weight is 185 g/mol. The van der Waals surface area contributed by atoms with E-state index < -0.39 is 0 Å². The van der Waals surface area contributed by atoms with E-state index in [1.54, 1.807) is 0 Å². The van der Waals surface area contributed by atoms with Gasteiger partial charge in [0, 0.05) is 18.4 Å². The van der Waals surface area contributed by atoms with E-state index in [9.17, 15) is 0 Å². The van der Waals surface area contributed by atoms with Gasteiger partial charge in [-0.2, -0.15) is 0 Å². The molecule has 3 atom stereocenters. The molecular formula is C10H19NO2. The Morgan fingerprint density at radius 1 is 1.31 bits per heavy atom. The van der Waals surface area contributed by atoms with Crippen LogP contribution in [0.25, 0.3) is 0 Å². The topological polar surface area (TPSA) is 21.7 Å². The molecule has 3 heteroatoms. The van der Waals surface area contributed by atoms with E-state index in [1.165, 1.54) is 0 Å². The summed E-state index contributed by atoms with van der Waals surface area (Å²) in [6.45, 7) is 6.96. The van der Waals surface area contributed by atoms with E-state index >= 15 is 0 Å². The lowest BCUT2D eigenvalue weighted by molar-refractivity contribution is -0.174. The Labute approximate surface area is 80.0 Å². The molecule has 0 N–H and O–H groups in total. The standard InChI is InChI=1S/C10H19NO2/c1-8-6-12-5-4-10(8)11(3)9(2)7-13-10/h8-9H,4-7H2,1-3H3/t8-,9+,10-/m0/s1. The second kappa shape index (κ2) is 3.23. The van der Waals surface area contributed by atoms with Gasteiger partial charge in [-0.3, -0.25) is 4.90 Å². The van der Waals surface area contributed by atoms with Crippen LogP contribution in [0.15, 0.2) is 0 Å². The molecule has 0 bridgehead atoms. The molecule has 2 saturated heterocycles. The zero-order valence-electron chi connectivity index (χ0n) is 8.75. The van der Waals surface area contributed by atoms with Crippen LogP contribution in [0.4, 0.5) is 0 Å². The largest absolute Gasteiger partial charge is 0.381 e. The van der Waals surface area contributed by atoms with Crippen LogP contribution in [0.2, 0.25) is 0 Å². The van der Waals surface area contributed by atoms with Crippen molar-refractivity contribution in [2.24, 2.45) is 5.92 Å². The van der Waals surface area contributed by atoms with Crippen molar-refractivity contribution in [3.8, 4) is 0 Å². The van der Waals surface area contributed by atoms with Crippen LogP contribution in [0.3, 0.4) is 0 Å². The quantitative estimate of drug-likeness (QED) is 0.564. The number of hydrogen-bond donors (Lipinski definition) is 0. The van der Waals surface area contributed by atoms with Crippen molar-refractivity contribution in [1.82, 2.24) is 4.90 Å². The van der Waals surface area contributed by atoms with Crippen molar-refractivity contribution >= 4 is 0 Å². The van der Waals surface area contributed by atoms with Gasteiger partial charge in [-0.25, -0.2) is 0 Å². The summed E-state index contributed by atoms with van der Waals surface area (Å²) >= 11 is 0. The number of hydrogen-bond acceptors (Lipinski definition) is 3. The average Bonchev–Trinajstić information content (AvgIpc) is 2.40. The molecule has 0 aliphatic carbocycles. The molecule has 1 spiro atoms. The fraction of sp³-hybridized carbons (Fsp3) is 1.00. The molecule has 2 aliphatic heterocycles. The van der Waals surface area contributed by atoms with Crippen molar-refractivity contribution < 1.29 is 9.47 Å². The molecule has 0 amide bonds. The second-order valence-electron chi connectivity index (χ2n) is 4.34. The van der Waals surface area contributed by atoms with Gasteiger partial charge in [-0.1, -0.05) is 6.92 Å². The minimum atomic E-state index is -0.0301. The summed E-state index contributed by atoms with van der Waals surface area (Å²) in [6.07, 6.45) is 1.01. The zero-order valence-corrected chi connectivity index (χ0v) is 8.75. The first-order chi connectivity index (χ1) is 6.17. The highest BCUT2D eigenvalue weighted by Gasteiger charge is 2.49. The Balaban J connectivity index is 2.17. The van der Waals surface area contributed by atoms with E-state index in [4.69, 9.17) is 9.47 Å². The summed E-state index contributed by atoms with van der Waals surface area (Å²) in [6, 6.07) is 0.542. The van der Waals surface area contributed by atoms with Crippen LogP contribution >= 0.6 is 0 Å². The lowest BCUT2D eigenvalue weighted by Gasteiger charge is -2.43. The predicted molar refractivity (Wildman–Crippen MR) is 50.5 cm³/mol. The smallest absolute Gasteiger partial charge is 0.128 e. The first kappa shape index (κ1) is 9.44. The Hall–Kier alpha value is -0.120. The molecule has 13 heavy (non-hydrogen) atoms. The van der Waals surface area contributed by atoms with Gasteiger partial charge in [0.15, 0.2) is 0 Å². The van der Waals surface area contributed by atoms with Crippen molar-refractivity contribution in [3.63, 3.8) is 0 Å². The SMILES string of the molecule is C[C@@H]1CO[C@]2(CCOC[C@@H]2C)N1C. The zero-order chi connectivity index (χ0) is 9.47. The summed E-state index contributed by atoms with van der Waals surface area (Å²) in [5.74, 6) is 0.483. The Kier molecular flexibility index (Phi) is 2.34. The van der Waals surface area contributed by atoms with Crippen molar-refractivity contribution in [2.45, 2.75) is 32.0 Å². The Bertz CT molecular complexity index is 193. The monoisotopic (exact) mass is 185 g/mol. The highest BCUT2D eigenvalue weighted by atomic mass is 16.5. The lowest BCUT2D eigenvalue weighted by atomic mass is 9.92. The van der Waals surface area contributed by atoms with E-state index in [1.807, 2.05) is 0 Å². The van der Waals surface area contributed by atoms with Crippen molar-refractivity contribution in [1.29, 1.82) is 0 Å². The molecule has 0 aromatic carbocycles. The highest BCUT2D eigenvalue weighted by molar-refractivity contribution is 4.94. The molecule has 0 radical (unpaired) electrons. The number of nitrogens with zero attached hydrogens (tertiary/aromatic N) is 1. The van der Waals surface area contributed by atoms with Crippen LogP contribution in [0.5, 0.6) is 0 Å². The van der Waals surface area contributed by atoms with Crippen molar-refractivity contribution in [3.05, 3.63) is 0 Å². The van der Waals surface area contributed by atoms with Gasteiger partial charge in [0.1, 0.15) is 5.72 Å². The third-order valence-corrected chi connectivity index (χ3v) is 3.58. The van der Waals surface area contributed by atoms with Gasteiger partial charge in [-0.15, -0.1) is 0 Å². The van der Waals surface area contributed by atoms with Gasteiger partial charge in [0.25, 0.3) is 0 Å². The maximum Gasteiger partial charge on any atom is 0.128 e. The summed E-state index contributed by atoms with van der Waals surface area (Å²) in [5, 5.41) is 0. The predicted octanol–water partition coefficient (Wildman–Crippen LogP) is 1.09. The third-order valence-electron chi connectivity index (χ3n) is 3.58. The Morgan fingerprint density at radius 2 is 2.08 bits per heavy atom. The maximum absolute atomic E-state index is 5.96. The molecule has 76 valence electrons. The third kappa shape index (κ3) is 1.30. The first-order valence-electron chi connectivity index (χ1n) is 5.11. The van der Waals surface area contributed by atoms with Gasteiger partial charge in [-0.05, 0) is 14.0 Å². The molecule has 2 fully saturated rings. The molecule has 2 heterocycles. The summed E-state index contributed by atoms with van der Waals surface area (Å²) < 4.78 is 11.4. The maximum atomic E-state index is 5.96. The number of ether oxygens (including phenoxy) is 2. The minimum Gasteiger partial charge on any atom is -0.381 e. The normalized spacial score (nSPS) is 47.3. The lowest BCUT2D eigenvalue weighted by Crippen LogP contribution is -2.54. The molecule has 3 nitrogen and oxygen atoms in total. The Morgan fingerprint density at radius 3 is 2.62 bits per heavy atom. The van der Waals surface area contributed by atoms with E-state index in [-0.39, 0.29) is 5.72 Å². The van der Waals surface area contributed by atoms with Crippen LogP contribution < -0.4 is 0 Å². The highest BCUT2D eigenvalue weighted by Crippen LogP contribution is 2.38. The van der Waals surface area contributed by atoms with E-state index in [0.29, 0.717) is 12.0 Å². The number of likely N-dealkylation sites (N-methyl/N-ethyl adjacent to an activating group) is 1. The molecule has 0 unspecified atom stereocenters. The minimum absolute atomic E-state index is 0.0301.